The molecule has 0 aromatic heterocycles. The minimum atomic E-state index is -3.91. The summed E-state index contributed by atoms with van der Waals surface area (Å²) in [7, 11) is -0.650. The van der Waals surface area contributed by atoms with E-state index in [2.05, 4.69) is 5.32 Å². The Hall–Kier alpha value is -3.31. The fraction of sp³-hybridized carbons (Fsp3) is 0.391. The second-order valence-electron chi connectivity index (χ2n) is 8.36. The van der Waals surface area contributed by atoms with Gasteiger partial charge in [-0.25, -0.2) is 8.42 Å². The van der Waals surface area contributed by atoms with Crippen LogP contribution in [0.25, 0.3) is 0 Å². The molecule has 0 saturated carbocycles. The summed E-state index contributed by atoms with van der Waals surface area (Å²) >= 11 is 0. The van der Waals surface area contributed by atoms with Gasteiger partial charge in [-0.2, -0.15) is 4.31 Å². The number of nitrogens with zero attached hydrogens (tertiary/aromatic N) is 3. The number of hydrogen-bond donors (Lipinski definition) is 1. The number of aryl methyl sites for hydroxylation is 1. The van der Waals surface area contributed by atoms with Crippen molar-refractivity contribution in [3.63, 3.8) is 0 Å². The quantitative estimate of drug-likeness (QED) is 0.470. The number of carbonyl (C=O) groups is 2. The van der Waals surface area contributed by atoms with Gasteiger partial charge < -0.3 is 10.2 Å². The summed E-state index contributed by atoms with van der Waals surface area (Å²) in [5.74, 6) is -0.565. The van der Waals surface area contributed by atoms with Crippen LogP contribution < -0.4 is 5.32 Å². The first-order chi connectivity index (χ1) is 16.0. The summed E-state index contributed by atoms with van der Waals surface area (Å²) in [4.78, 5) is 36.6. The number of benzene rings is 2. The van der Waals surface area contributed by atoms with Crippen LogP contribution in [0.15, 0.2) is 47.4 Å². The van der Waals surface area contributed by atoms with Crippen molar-refractivity contribution in [2.45, 2.75) is 31.2 Å². The molecule has 34 heavy (non-hydrogen) atoms. The largest absolute Gasteiger partial charge is 0.355 e. The molecule has 1 N–H and O–H groups in total. The first-order valence-corrected chi connectivity index (χ1v) is 12.3. The van der Waals surface area contributed by atoms with Gasteiger partial charge in [0.2, 0.25) is 15.9 Å². The van der Waals surface area contributed by atoms with E-state index in [0.717, 1.165) is 11.6 Å². The van der Waals surface area contributed by atoms with Gasteiger partial charge in [-0.1, -0.05) is 18.2 Å². The molecule has 1 saturated heterocycles. The zero-order chi connectivity index (χ0) is 25.0. The molecule has 2 aromatic carbocycles. The summed E-state index contributed by atoms with van der Waals surface area (Å²) in [6.45, 7) is 2.30. The second-order valence-corrected chi connectivity index (χ2v) is 10.3. The molecule has 0 bridgehead atoms. The van der Waals surface area contributed by atoms with E-state index in [0.29, 0.717) is 30.5 Å². The van der Waals surface area contributed by atoms with Gasteiger partial charge in [-0.3, -0.25) is 19.7 Å². The predicted octanol–water partition coefficient (Wildman–Crippen LogP) is 2.32. The summed E-state index contributed by atoms with van der Waals surface area (Å²) in [5.41, 5.74) is 1.57. The molecule has 1 fully saturated rings. The summed E-state index contributed by atoms with van der Waals surface area (Å²) < 4.78 is 27.5. The minimum absolute atomic E-state index is 0.0704. The number of non-ortho nitro benzene ring substituents is 1. The third-order valence-corrected chi connectivity index (χ3v) is 8.08. The van der Waals surface area contributed by atoms with Gasteiger partial charge in [0, 0.05) is 57.3 Å². The fourth-order valence-electron chi connectivity index (χ4n) is 4.03. The Labute approximate surface area is 198 Å². The second kappa shape index (κ2) is 10.3. The topological polar surface area (TPSA) is 130 Å². The standard InChI is InChI=1S/C23H28N4O6S/c1-16-4-9-20(27(30)31)14-21(16)34(32,33)26-12-10-19(11-13-26)23(29)25(3)15-17-5-7-18(8-6-17)22(28)24-2/h4-9,14,19H,10-13,15H2,1-3H3,(H,24,28). The normalized spacial score (nSPS) is 15.0. The lowest BCUT2D eigenvalue weighted by atomic mass is 9.96. The van der Waals surface area contributed by atoms with Crippen molar-refractivity contribution < 1.29 is 22.9 Å². The first-order valence-electron chi connectivity index (χ1n) is 10.9. The first kappa shape index (κ1) is 25.3. The van der Waals surface area contributed by atoms with Crippen LogP contribution in [0.5, 0.6) is 0 Å². The molecule has 11 heteroatoms. The Morgan fingerprint density at radius 1 is 1.15 bits per heavy atom. The van der Waals surface area contributed by atoms with Crippen molar-refractivity contribution >= 4 is 27.5 Å². The smallest absolute Gasteiger partial charge is 0.270 e. The van der Waals surface area contributed by atoms with Crippen LogP contribution in [0.3, 0.4) is 0 Å². The molecule has 1 aliphatic heterocycles. The Bertz CT molecular complexity index is 1190. The predicted molar refractivity (Wildman–Crippen MR) is 126 cm³/mol. The number of sulfonamides is 1. The van der Waals surface area contributed by atoms with Gasteiger partial charge >= 0.3 is 0 Å². The molecule has 3 rings (SSSR count). The highest BCUT2D eigenvalue weighted by molar-refractivity contribution is 7.89. The lowest BCUT2D eigenvalue weighted by Gasteiger charge is -2.32. The van der Waals surface area contributed by atoms with Crippen LogP contribution in [0.4, 0.5) is 5.69 Å². The number of carbonyl (C=O) groups excluding carboxylic acids is 2. The Morgan fingerprint density at radius 2 is 1.76 bits per heavy atom. The van der Waals surface area contributed by atoms with Gasteiger partial charge in [0.15, 0.2) is 0 Å². The number of nitro benzene ring substituents is 1. The van der Waals surface area contributed by atoms with Gasteiger partial charge in [0.1, 0.15) is 0 Å². The van der Waals surface area contributed by atoms with Crippen molar-refractivity contribution in [3.05, 3.63) is 69.3 Å². The maximum atomic E-state index is 13.1. The highest BCUT2D eigenvalue weighted by atomic mass is 32.2. The molecule has 1 heterocycles. The van der Waals surface area contributed by atoms with Crippen LogP contribution in [0.2, 0.25) is 0 Å². The van der Waals surface area contributed by atoms with Crippen LogP contribution in [0.1, 0.15) is 34.3 Å². The van der Waals surface area contributed by atoms with E-state index in [-0.39, 0.29) is 41.4 Å². The van der Waals surface area contributed by atoms with E-state index < -0.39 is 14.9 Å². The molecule has 182 valence electrons. The summed E-state index contributed by atoms with van der Waals surface area (Å²) in [6.07, 6.45) is 0.734. The van der Waals surface area contributed by atoms with Gasteiger partial charge in [-0.15, -0.1) is 0 Å². The lowest BCUT2D eigenvalue weighted by Crippen LogP contribution is -2.43. The van der Waals surface area contributed by atoms with Crippen LogP contribution in [0, 0.1) is 23.0 Å². The maximum absolute atomic E-state index is 13.1. The fourth-order valence-corrected chi connectivity index (χ4v) is 5.75. The molecule has 2 amide bonds. The zero-order valence-corrected chi connectivity index (χ0v) is 20.2. The molecule has 2 aromatic rings. The van der Waals surface area contributed by atoms with E-state index >= 15 is 0 Å². The van der Waals surface area contributed by atoms with Crippen molar-refractivity contribution in [2.75, 3.05) is 27.2 Å². The molecule has 0 spiro atoms. The molecule has 1 aliphatic rings. The molecule has 10 nitrogen and oxygen atoms in total. The van der Waals surface area contributed by atoms with Crippen molar-refractivity contribution in [3.8, 4) is 0 Å². The van der Waals surface area contributed by atoms with E-state index in [9.17, 15) is 28.1 Å². The molecule has 0 aliphatic carbocycles. The van der Waals surface area contributed by atoms with Gasteiger partial charge in [0.05, 0.1) is 9.82 Å². The van der Waals surface area contributed by atoms with Crippen molar-refractivity contribution in [1.29, 1.82) is 0 Å². The van der Waals surface area contributed by atoms with E-state index in [4.69, 9.17) is 0 Å². The lowest BCUT2D eigenvalue weighted by molar-refractivity contribution is -0.385. The van der Waals surface area contributed by atoms with E-state index in [1.165, 1.54) is 16.4 Å². The zero-order valence-electron chi connectivity index (χ0n) is 19.4. The number of piperidine rings is 1. The number of nitrogens with one attached hydrogen (secondary N) is 1. The van der Waals surface area contributed by atoms with Crippen LogP contribution in [-0.4, -0.2) is 61.5 Å². The summed E-state index contributed by atoms with van der Waals surface area (Å²) in [5, 5.41) is 13.6. The molecule has 0 radical (unpaired) electrons. The highest BCUT2D eigenvalue weighted by Gasteiger charge is 2.34. The Kier molecular flexibility index (Phi) is 7.68. The van der Waals surface area contributed by atoms with Crippen LogP contribution in [-0.2, 0) is 21.4 Å². The van der Waals surface area contributed by atoms with Crippen LogP contribution >= 0.6 is 0 Å². The maximum Gasteiger partial charge on any atom is 0.270 e. The monoisotopic (exact) mass is 488 g/mol. The van der Waals surface area contributed by atoms with Crippen molar-refractivity contribution in [2.24, 2.45) is 5.92 Å². The Morgan fingerprint density at radius 3 is 2.32 bits per heavy atom. The average Bonchev–Trinajstić information content (AvgIpc) is 2.83. The van der Waals surface area contributed by atoms with Crippen molar-refractivity contribution in [1.82, 2.24) is 14.5 Å². The van der Waals surface area contributed by atoms with E-state index in [1.54, 1.807) is 50.2 Å². The summed E-state index contributed by atoms with van der Waals surface area (Å²) in [6, 6.07) is 10.8. The van der Waals surface area contributed by atoms with Gasteiger partial charge in [-0.05, 0) is 43.0 Å². The molecule has 0 atom stereocenters. The average molecular weight is 489 g/mol. The number of amides is 2. The third kappa shape index (κ3) is 5.42. The number of rotatable bonds is 7. The molecular weight excluding hydrogens is 460 g/mol. The van der Waals surface area contributed by atoms with E-state index in [1.807, 2.05) is 0 Å². The highest BCUT2D eigenvalue weighted by Crippen LogP contribution is 2.29. The minimum Gasteiger partial charge on any atom is -0.355 e. The Balaban J connectivity index is 1.62. The third-order valence-electron chi connectivity index (χ3n) is 6.04. The number of hydrogen-bond acceptors (Lipinski definition) is 6. The SMILES string of the molecule is CNC(=O)c1ccc(CN(C)C(=O)C2CCN(S(=O)(=O)c3cc([N+](=O)[O-])ccc3C)CC2)cc1. The molecular formula is C23H28N4O6S. The number of nitro groups is 1. The van der Waals surface area contributed by atoms with Gasteiger partial charge in [0.25, 0.3) is 11.6 Å². The molecule has 0 unspecified atom stereocenters.